The number of imide groups is 2. The minimum absolute atomic E-state index is 0.0870. The summed E-state index contributed by atoms with van der Waals surface area (Å²) in [6.45, 7) is 10.8. The molecule has 5 aliphatic rings. The smallest absolute Gasteiger partial charge is 0.262 e. The Kier molecular flexibility index (Phi) is 12.7. The zero-order chi connectivity index (χ0) is 45.9. The number of rotatable bonds is 16. The number of H-pyrrole nitrogens is 1. The second-order valence-corrected chi connectivity index (χ2v) is 18.2. The number of carbonyl (C=O) groups is 4. The summed E-state index contributed by atoms with van der Waals surface area (Å²) in [6.07, 6.45) is 12.9. The Hall–Kier alpha value is -7.05. The number of carbonyl (C=O) groups excluding carboxylic acids is 4. The van der Waals surface area contributed by atoms with Gasteiger partial charge in [-0.05, 0) is 86.6 Å². The van der Waals surface area contributed by atoms with Crippen molar-refractivity contribution in [3.63, 3.8) is 0 Å². The molecule has 0 radical (unpaired) electrons. The molecule has 7 heterocycles. The van der Waals surface area contributed by atoms with Crippen LogP contribution in [0.5, 0.6) is 0 Å². The van der Waals surface area contributed by atoms with Crippen LogP contribution in [0.3, 0.4) is 0 Å². The maximum atomic E-state index is 13.2. The van der Waals surface area contributed by atoms with E-state index >= 15 is 0 Å². The minimum Gasteiger partial charge on any atom is -0.388 e. The zero-order valence-electron chi connectivity index (χ0n) is 37.5. The number of hydrogen-bond acceptors (Lipinski definition) is 15. The number of piperazine rings is 2. The van der Waals surface area contributed by atoms with Gasteiger partial charge in [0.25, 0.3) is 11.8 Å². The van der Waals surface area contributed by atoms with Crippen molar-refractivity contribution >= 4 is 63.6 Å². The molecule has 5 N–H and O–H groups in total. The maximum Gasteiger partial charge on any atom is 0.262 e. The van der Waals surface area contributed by atoms with E-state index in [2.05, 4.69) is 70.0 Å². The van der Waals surface area contributed by atoms with Crippen LogP contribution in [0.25, 0.3) is 27.9 Å². The highest BCUT2D eigenvalue weighted by atomic mass is 16.2. The topological polar surface area (TPSA) is 212 Å². The van der Waals surface area contributed by atoms with E-state index in [1.807, 2.05) is 30.7 Å². The molecule has 5 aromatic rings. The molecule has 67 heavy (non-hydrogen) atoms. The van der Waals surface area contributed by atoms with Gasteiger partial charge >= 0.3 is 0 Å². The van der Waals surface area contributed by atoms with Gasteiger partial charge in [-0.15, -0.1) is 0 Å². The van der Waals surface area contributed by atoms with Crippen molar-refractivity contribution in [2.24, 2.45) is 5.92 Å². The summed E-state index contributed by atoms with van der Waals surface area (Å²) in [5.74, 6) is -0.414. The van der Waals surface area contributed by atoms with Gasteiger partial charge < -0.3 is 25.8 Å². The Morgan fingerprint density at radius 3 is 2.34 bits per heavy atom. The van der Waals surface area contributed by atoms with Crippen LogP contribution in [-0.4, -0.2) is 154 Å². The lowest BCUT2D eigenvalue weighted by Gasteiger charge is -2.39. The van der Waals surface area contributed by atoms with Crippen molar-refractivity contribution in [1.29, 1.82) is 5.41 Å². The Balaban J connectivity index is 0.629. The maximum absolute atomic E-state index is 13.2. The molecule has 3 aromatic heterocycles. The summed E-state index contributed by atoms with van der Waals surface area (Å²) in [5.41, 5.74) is 7.39. The Morgan fingerprint density at radius 1 is 0.821 bits per heavy atom. The summed E-state index contributed by atoms with van der Waals surface area (Å²) in [5, 5.41) is 24.2. The van der Waals surface area contributed by atoms with Crippen molar-refractivity contribution in [3.05, 3.63) is 96.2 Å². The number of anilines is 3. The molecule has 4 amide bonds. The van der Waals surface area contributed by atoms with E-state index in [1.165, 1.54) is 6.21 Å². The number of nitrogens with zero attached hydrogens (tertiary/aromatic N) is 9. The van der Waals surface area contributed by atoms with E-state index in [4.69, 9.17) is 20.4 Å². The summed E-state index contributed by atoms with van der Waals surface area (Å²) in [6, 6.07) is 16.9. The van der Waals surface area contributed by atoms with Gasteiger partial charge in [0, 0.05) is 126 Å². The summed E-state index contributed by atoms with van der Waals surface area (Å²) < 4.78 is 0. The number of hydrogen-bond donors (Lipinski definition) is 5. The molecule has 0 spiro atoms. The van der Waals surface area contributed by atoms with Gasteiger partial charge in [-0.3, -0.25) is 49.3 Å². The fourth-order valence-electron chi connectivity index (χ4n) is 9.91. The van der Waals surface area contributed by atoms with Gasteiger partial charge in [-0.2, -0.15) is 5.10 Å². The highest BCUT2D eigenvalue weighted by Gasteiger charge is 2.44. The largest absolute Gasteiger partial charge is 0.388 e. The molecule has 1 atom stereocenters. The standard InChI is InChI=1S/C49H56N14O4/c50-27-33(28-52-36-23-32(24-36)3-2-12-51-35-6-8-38-39(25-35)49(67)63(48(38)66)44-10-11-46(64)58-47(44)65)43-31-53-42-26-37(7-9-41(42)56-43)61-19-15-59(16-20-61)13-14-60-17-21-62(22-18-60)45-5-1-4-40(57-45)34-29-54-55-30-34/h1,4-9,25-32,36,44,50-52H,2-3,10-24H2,(H,54,55)(H,58,64,65)/b33-28+,50-27?. The molecule has 18 heteroatoms. The average molecular weight is 905 g/mol. The molecule has 18 nitrogen and oxygen atoms in total. The summed E-state index contributed by atoms with van der Waals surface area (Å²) >= 11 is 0. The molecular formula is C49H56N14O4. The normalized spacial score (nSPS) is 21.6. The fourth-order valence-corrected chi connectivity index (χ4v) is 9.91. The van der Waals surface area contributed by atoms with Gasteiger partial charge in [-0.1, -0.05) is 6.07 Å². The van der Waals surface area contributed by atoms with Crippen LogP contribution in [0.4, 0.5) is 17.2 Å². The monoisotopic (exact) mass is 904 g/mol. The molecule has 4 fully saturated rings. The lowest BCUT2D eigenvalue weighted by Crippen LogP contribution is -2.54. The zero-order valence-corrected chi connectivity index (χ0v) is 37.5. The van der Waals surface area contributed by atoms with Gasteiger partial charge in [0.15, 0.2) is 0 Å². The van der Waals surface area contributed by atoms with Crippen molar-refractivity contribution in [2.45, 2.75) is 50.6 Å². The van der Waals surface area contributed by atoms with Gasteiger partial charge in [0.05, 0.1) is 45.9 Å². The number of nitrogens with one attached hydrogen (secondary N) is 5. The van der Waals surface area contributed by atoms with Crippen LogP contribution in [0.15, 0.2) is 79.4 Å². The molecule has 0 bridgehead atoms. The third kappa shape index (κ3) is 9.62. The molecule has 4 aliphatic heterocycles. The summed E-state index contributed by atoms with van der Waals surface area (Å²) in [4.78, 5) is 75.6. The number of fused-ring (bicyclic) bond motifs is 2. The molecule has 1 unspecified atom stereocenters. The van der Waals surface area contributed by atoms with Crippen LogP contribution in [0.1, 0.15) is 64.9 Å². The SMILES string of the molecule is N=C/C(=C\NC1CC(CCCNc2ccc3c(c2)C(=O)N(C2CCC(=O)NC2=O)C3=O)C1)c1cnc2cc(N3CCN(CCN4CCN(c5cccc(-c6cn[nH]c6)n5)CC4)CC3)ccc2n1. The molecule has 1 aliphatic carbocycles. The van der Waals surface area contributed by atoms with E-state index in [1.54, 1.807) is 24.4 Å². The van der Waals surface area contributed by atoms with Crippen LogP contribution >= 0.6 is 0 Å². The van der Waals surface area contributed by atoms with Crippen molar-refractivity contribution in [1.82, 2.24) is 50.5 Å². The highest BCUT2D eigenvalue weighted by molar-refractivity contribution is 6.23. The van der Waals surface area contributed by atoms with Crippen molar-refractivity contribution in [3.8, 4) is 11.3 Å². The highest BCUT2D eigenvalue weighted by Crippen LogP contribution is 2.33. The number of pyridine rings is 1. The van der Waals surface area contributed by atoms with Crippen LogP contribution in [0, 0.1) is 11.3 Å². The van der Waals surface area contributed by atoms with Crippen LogP contribution in [0.2, 0.25) is 0 Å². The third-order valence-corrected chi connectivity index (χ3v) is 13.9. The van der Waals surface area contributed by atoms with Crippen LogP contribution < -0.4 is 25.8 Å². The molecule has 2 aromatic carbocycles. The van der Waals surface area contributed by atoms with Gasteiger partial charge in [-0.25, -0.2) is 9.97 Å². The first-order chi connectivity index (χ1) is 32.8. The van der Waals surface area contributed by atoms with Crippen molar-refractivity contribution in [2.75, 3.05) is 87.1 Å². The third-order valence-electron chi connectivity index (χ3n) is 13.9. The number of amides is 4. The van der Waals surface area contributed by atoms with Gasteiger partial charge in [0.1, 0.15) is 11.9 Å². The van der Waals surface area contributed by atoms with E-state index < -0.39 is 29.7 Å². The van der Waals surface area contributed by atoms with E-state index in [0.717, 1.165) is 136 Å². The van der Waals surface area contributed by atoms with Crippen molar-refractivity contribution < 1.29 is 19.2 Å². The van der Waals surface area contributed by atoms with E-state index in [0.29, 0.717) is 29.8 Å². The molecule has 10 rings (SSSR count). The predicted molar refractivity (Wildman–Crippen MR) is 256 cm³/mol. The first kappa shape index (κ1) is 43.8. The quantitative estimate of drug-likeness (QED) is 0.0539. The summed E-state index contributed by atoms with van der Waals surface area (Å²) in [7, 11) is 0. The van der Waals surface area contributed by atoms with E-state index in [9.17, 15) is 19.2 Å². The Morgan fingerprint density at radius 2 is 1.60 bits per heavy atom. The lowest BCUT2D eigenvalue weighted by atomic mass is 9.77. The minimum atomic E-state index is -0.978. The predicted octanol–water partition coefficient (Wildman–Crippen LogP) is 4.01. The Bertz CT molecular complexity index is 2680. The second-order valence-electron chi connectivity index (χ2n) is 18.2. The molecule has 346 valence electrons. The lowest BCUT2D eigenvalue weighted by molar-refractivity contribution is -0.136. The number of piperidine rings is 1. The molecule has 1 saturated carbocycles. The fraction of sp³-hybridized carbons (Fsp3) is 0.408. The van der Waals surface area contributed by atoms with E-state index in [-0.39, 0.29) is 24.0 Å². The van der Waals surface area contributed by atoms with Crippen LogP contribution in [-0.2, 0) is 9.59 Å². The first-order valence-corrected chi connectivity index (χ1v) is 23.5. The molecule has 3 saturated heterocycles. The number of aromatic amines is 1. The Labute approximate surface area is 388 Å². The number of allylic oxidation sites excluding steroid dienone is 1. The molecular weight excluding hydrogens is 849 g/mol. The second kappa shape index (κ2) is 19.4. The first-order valence-electron chi connectivity index (χ1n) is 23.5. The number of benzene rings is 2. The number of aromatic nitrogens is 5. The average Bonchev–Trinajstić information content (AvgIpc) is 3.97. The van der Waals surface area contributed by atoms with Gasteiger partial charge in [0.2, 0.25) is 11.8 Å².